The van der Waals surface area contributed by atoms with Gasteiger partial charge >= 0.3 is 6.03 Å². The molecule has 0 bridgehead atoms. The number of hydrogen-bond donors (Lipinski definition) is 2. The first-order valence-electron chi connectivity index (χ1n) is 8.40. The predicted molar refractivity (Wildman–Crippen MR) is 92.9 cm³/mol. The van der Waals surface area contributed by atoms with Gasteiger partial charge in [-0.05, 0) is 43.0 Å². The second-order valence-electron chi connectivity index (χ2n) is 6.58. The highest BCUT2D eigenvalue weighted by Crippen LogP contribution is 2.37. The largest absolute Gasteiger partial charge is 0.325 e. The molecule has 2 N–H and O–H groups in total. The van der Waals surface area contributed by atoms with E-state index >= 15 is 0 Å². The molecule has 2 heterocycles. The van der Waals surface area contributed by atoms with E-state index < -0.39 is 17.5 Å². The van der Waals surface area contributed by atoms with Crippen molar-refractivity contribution in [3.63, 3.8) is 0 Å². The lowest BCUT2D eigenvalue weighted by Crippen LogP contribution is -2.49. The molecule has 8 heteroatoms. The highest BCUT2D eigenvalue weighted by Gasteiger charge is 2.52. The molecule has 0 aromatic carbocycles. The first-order chi connectivity index (χ1) is 12.0. The van der Waals surface area contributed by atoms with Gasteiger partial charge in [-0.2, -0.15) is 5.26 Å². The average molecular weight is 360 g/mol. The fraction of sp³-hybridized carbons (Fsp3) is 0.529. The van der Waals surface area contributed by atoms with Gasteiger partial charge in [0.15, 0.2) is 0 Å². The number of imide groups is 1. The Bertz CT molecular complexity index is 743. The van der Waals surface area contributed by atoms with Gasteiger partial charge in [0.2, 0.25) is 5.91 Å². The Morgan fingerprint density at radius 2 is 2.20 bits per heavy atom. The molecule has 7 nitrogen and oxygen atoms in total. The van der Waals surface area contributed by atoms with Crippen LogP contribution in [0.3, 0.4) is 0 Å². The molecule has 0 unspecified atom stereocenters. The predicted octanol–water partition coefficient (Wildman–Crippen LogP) is 2.45. The number of carbonyl (C=O) groups is 3. The van der Waals surface area contributed by atoms with Crippen molar-refractivity contribution in [2.45, 2.75) is 44.6 Å². The fourth-order valence-corrected chi connectivity index (χ4v) is 4.29. The van der Waals surface area contributed by atoms with Crippen molar-refractivity contribution in [3.8, 4) is 6.07 Å². The number of rotatable bonds is 4. The third-order valence-corrected chi connectivity index (χ3v) is 5.95. The summed E-state index contributed by atoms with van der Waals surface area (Å²) in [6, 6.07) is 3.08. The number of nitrogens with zero attached hydrogens (tertiary/aromatic N) is 2. The molecule has 0 atom stereocenters. The van der Waals surface area contributed by atoms with Crippen molar-refractivity contribution in [1.82, 2.24) is 10.2 Å². The minimum Gasteiger partial charge on any atom is -0.323 e. The zero-order chi connectivity index (χ0) is 18.0. The summed E-state index contributed by atoms with van der Waals surface area (Å²) in [5, 5.41) is 16.5. The molecule has 2 aliphatic rings. The van der Waals surface area contributed by atoms with Crippen molar-refractivity contribution in [1.29, 1.82) is 5.26 Å². The molecule has 1 spiro atoms. The lowest BCUT2D eigenvalue weighted by molar-refractivity contribution is -0.135. The van der Waals surface area contributed by atoms with Crippen molar-refractivity contribution < 1.29 is 14.4 Å². The van der Waals surface area contributed by atoms with Gasteiger partial charge in [-0.15, -0.1) is 11.3 Å². The molecule has 1 saturated carbocycles. The molecular formula is C17H20N4O3S. The molecule has 4 amide bonds. The molecular weight excluding hydrogens is 340 g/mol. The second-order valence-corrected chi connectivity index (χ2v) is 7.49. The molecule has 1 aliphatic carbocycles. The summed E-state index contributed by atoms with van der Waals surface area (Å²) in [6.45, 7) is 1.79. The molecule has 1 aliphatic heterocycles. The lowest BCUT2D eigenvalue weighted by atomic mass is 9.75. The molecule has 0 radical (unpaired) electrons. The number of urea groups is 1. The number of carbonyl (C=O) groups excluding carboxylic acids is 3. The quantitative estimate of drug-likeness (QED) is 0.805. The van der Waals surface area contributed by atoms with Crippen LogP contribution in [-0.4, -0.2) is 34.8 Å². The van der Waals surface area contributed by atoms with E-state index in [0.29, 0.717) is 29.3 Å². The Labute approximate surface area is 150 Å². The Morgan fingerprint density at radius 3 is 2.84 bits per heavy atom. The number of anilines is 1. The first kappa shape index (κ1) is 17.4. The topological polar surface area (TPSA) is 102 Å². The number of nitriles is 1. The van der Waals surface area contributed by atoms with Gasteiger partial charge in [-0.3, -0.25) is 14.5 Å². The minimum atomic E-state index is -0.843. The Kier molecular flexibility index (Phi) is 4.77. The number of amides is 4. The Hall–Kier alpha value is -2.40. The normalized spacial score (nSPS) is 25.8. The zero-order valence-corrected chi connectivity index (χ0v) is 14.8. The second kappa shape index (κ2) is 6.84. The average Bonchev–Trinajstić information content (AvgIpc) is 3.14. The molecule has 25 heavy (non-hydrogen) atoms. The van der Waals surface area contributed by atoms with E-state index in [0.717, 1.165) is 24.2 Å². The van der Waals surface area contributed by atoms with Gasteiger partial charge in [0.05, 0.1) is 5.56 Å². The van der Waals surface area contributed by atoms with E-state index in [1.54, 1.807) is 11.4 Å². The monoisotopic (exact) mass is 360 g/mol. The fourth-order valence-electron chi connectivity index (χ4n) is 3.54. The van der Waals surface area contributed by atoms with Crippen LogP contribution in [0.1, 0.15) is 44.6 Å². The van der Waals surface area contributed by atoms with Gasteiger partial charge in [0, 0.05) is 0 Å². The lowest BCUT2D eigenvalue weighted by Gasteiger charge is -2.34. The SMILES string of the molecule is CCC1CCC2(CC1)NC(=O)N(CC(=O)Nc1sccc1C#N)C2=O. The van der Waals surface area contributed by atoms with E-state index in [1.165, 1.54) is 11.3 Å². The summed E-state index contributed by atoms with van der Waals surface area (Å²) < 4.78 is 0. The van der Waals surface area contributed by atoms with Crippen LogP contribution in [0.25, 0.3) is 0 Å². The van der Waals surface area contributed by atoms with Crippen LogP contribution in [0.15, 0.2) is 11.4 Å². The third kappa shape index (κ3) is 3.24. The zero-order valence-electron chi connectivity index (χ0n) is 14.0. The van der Waals surface area contributed by atoms with Crippen molar-refractivity contribution >= 4 is 34.2 Å². The maximum Gasteiger partial charge on any atom is 0.325 e. The summed E-state index contributed by atoms with van der Waals surface area (Å²) in [4.78, 5) is 38.2. The molecule has 132 valence electrons. The van der Waals surface area contributed by atoms with Crippen molar-refractivity contribution in [2.24, 2.45) is 5.92 Å². The van der Waals surface area contributed by atoms with E-state index in [2.05, 4.69) is 17.6 Å². The molecule has 3 rings (SSSR count). The first-order valence-corrected chi connectivity index (χ1v) is 9.28. The summed E-state index contributed by atoms with van der Waals surface area (Å²) in [7, 11) is 0. The standard InChI is InChI=1S/C17H20N4O3S/c1-2-11-3-6-17(7-4-11)15(23)21(16(24)20-17)10-13(22)19-14-12(9-18)5-8-25-14/h5,8,11H,2-4,6-7,10H2,1H3,(H,19,22)(H,20,24). The van der Waals surface area contributed by atoms with Crippen LogP contribution in [0.5, 0.6) is 0 Å². The van der Waals surface area contributed by atoms with Gasteiger partial charge in [0.1, 0.15) is 23.2 Å². The van der Waals surface area contributed by atoms with E-state index in [9.17, 15) is 14.4 Å². The van der Waals surface area contributed by atoms with Crippen molar-refractivity contribution in [3.05, 3.63) is 17.0 Å². The summed E-state index contributed by atoms with van der Waals surface area (Å²) >= 11 is 1.23. The Balaban J connectivity index is 1.65. The molecule has 2 fully saturated rings. The van der Waals surface area contributed by atoms with Crippen LogP contribution in [0, 0.1) is 17.2 Å². The Morgan fingerprint density at radius 1 is 1.48 bits per heavy atom. The van der Waals surface area contributed by atoms with Crippen LogP contribution in [0.2, 0.25) is 0 Å². The van der Waals surface area contributed by atoms with Crippen LogP contribution in [0.4, 0.5) is 9.80 Å². The summed E-state index contributed by atoms with van der Waals surface area (Å²) in [5.41, 5.74) is -0.478. The van der Waals surface area contributed by atoms with Gasteiger partial charge in [-0.25, -0.2) is 4.79 Å². The maximum absolute atomic E-state index is 12.8. The summed E-state index contributed by atoms with van der Waals surface area (Å²) in [5.74, 6) is -0.202. The van der Waals surface area contributed by atoms with Crippen LogP contribution < -0.4 is 10.6 Å². The highest BCUT2D eigenvalue weighted by molar-refractivity contribution is 7.14. The van der Waals surface area contributed by atoms with E-state index in [-0.39, 0.29) is 12.5 Å². The minimum absolute atomic E-state index is 0.311. The van der Waals surface area contributed by atoms with Gasteiger partial charge in [0.25, 0.3) is 5.91 Å². The molecule has 1 saturated heterocycles. The van der Waals surface area contributed by atoms with Gasteiger partial charge in [-0.1, -0.05) is 13.3 Å². The number of hydrogen-bond acceptors (Lipinski definition) is 5. The number of nitrogens with one attached hydrogen (secondary N) is 2. The van der Waals surface area contributed by atoms with Gasteiger partial charge < -0.3 is 10.6 Å². The van der Waals surface area contributed by atoms with Crippen LogP contribution in [-0.2, 0) is 9.59 Å². The maximum atomic E-state index is 12.8. The number of thiophene rings is 1. The van der Waals surface area contributed by atoms with E-state index in [1.807, 2.05) is 6.07 Å². The van der Waals surface area contributed by atoms with Crippen LogP contribution >= 0.6 is 11.3 Å². The van der Waals surface area contributed by atoms with Crippen molar-refractivity contribution in [2.75, 3.05) is 11.9 Å². The smallest absolute Gasteiger partial charge is 0.323 e. The summed E-state index contributed by atoms with van der Waals surface area (Å²) in [6.07, 6.45) is 4.13. The van der Waals surface area contributed by atoms with E-state index in [4.69, 9.17) is 5.26 Å². The molecule has 1 aromatic heterocycles. The third-order valence-electron chi connectivity index (χ3n) is 5.12. The molecule has 1 aromatic rings. The highest BCUT2D eigenvalue weighted by atomic mass is 32.1.